The highest BCUT2D eigenvalue weighted by atomic mass is 19.1. The number of nitrogens with zero attached hydrogens (tertiary/aromatic N) is 6. The van der Waals surface area contributed by atoms with E-state index in [-0.39, 0.29) is 18.3 Å². The monoisotopic (exact) mass is 326 g/mol. The van der Waals surface area contributed by atoms with Crippen LogP contribution in [0.5, 0.6) is 0 Å². The second kappa shape index (κ2) is 6.95. The largest absolute Gasteiger partial charge is 0.305 e. The van der Waals surface area contributed by atoms with Crippen molar-refractivity contribution in [2.45, 2.75) is 20.0 Å². The topological polar surface area (TPSA) is 76.8 Å². The van der Waals surface area contributed by atoms with Crippen LogP contribution >= 0.6 is 0 Å². The molecule has 2 aromatic heterocycles. The van der Waals surface area contributed by atoms with E-state index in [1.165, 1.54) is 23.1 Å². The van der Waals surface area contributed by atoms with Crippen molar-refractivity contribution in [3.63, 3.8) is 0 Å². The fourth-order valence-corrected chi connectivity index (χ4v) is 2.26. The molecule has 1 aromatic carbocycles. The second-order valence-corrected chi connectivity index (χ2v) is 5.33. The predicted molar refractivity (Wildman–Crippen MR) is 84.4 cm³/mol. The van der Waals surface area contributed by atoms with Gasteiger partial charge in [-0.25, -0.2) is 9.07 Å². The van der Waals surface area contributed by atoms with Crippen LogP contribution in [-0.2, 0) is 17.9 Å². The number of pyridine rings is 1. The van der Waals surface area contributed by atoms with Crippen molar-refractivity contribution in [3.8, 4) is 0 Å². The summed E-state index contributed by atoms with van der Waals surface area (Å²) in [5, 5.41) is 10.8. The number of anilines is 1. The molecule has 0 aliphatic carbocycles. The van der Waals surface area contributed by atoms with Gasteiger partial charge in [0.05, 0.1) is 18.4 Å². The Labute approximate surface area is 137 Å². The predicted octanol–water partition coefficient (Wildman–Crippen LogP) is 1.75. The van der Waals surface area contributed by atoms with Crippen molar-refractivity contribution in [2.75, 3.05) is 4.90 Å². The van der Waals surface area contributed by atoms with E-state index >= 15 is 0 Å². The third-order valence-electron chi connectivity index (χ3n) is 3.42. The zero-order chi connectivity index (χ0) is 16.9. The van der Waals surface area contributed by atoms with Crippen LogP contribution in [-0.4, -0.2) is 31.1 Å². The van der Waals surface area contributed by atoms with Gasteiger partial charge >= 0.3 is 0 Å². The maximum Gasteiger partial charge on any atom is 0.249 e. The molecule has 3 rings (SSSR count). The molecule has 0 aliphatic rings. The van der Waals surface area contributed by atoms with Gasteiger partial charge in [-0.05, 0) is 46.7 Å². The Balaban J connectivity index is 1.87. The summed E-state index contributed by atoms with van der Waals surface area (Å²) in [5.41, 5.74) is 2.41. The molecule has 0 atom stereocenters. The van der Waals surface area contributed by atoms with Crippen LogP contribution < -0.4 is 4.90 Å². The third-order valence-corrected chi connectivity index (χ3v) is 3.42. The SMILES string of the molecule is Cc1cncc(N(Cc2ccc(F)cc2)C(=O)Cn2cnnn2)c1. The molecule has 8 heteroatoms. The number of benzene rings is 1. The molecule has 0 N–H and O–H groups in total. The molecule has 7 nitrogen and oxygen atoms in total. The highest BCUT2D eigenvalue weighted by Gasteiger charge is 2.18. The highest BCUT2D eigenvalue weighted by Crippen LogP contribution is 2.18. The van der Waals surface area contributed by atoms with Crippen molar-refractivity contribution >= 4 is 11.6 Å². The summed E-state index contributed by atoms with van der Waals surface area (Å²) in [4.78, 5) is 18.4. The molecular formula is C16H15FN6O. The lowest BCUT2D eigenvalue weighted by Crippen LogP contribution is -2.33. The Hall–Kier alpha value is -3.16. The minimum atomic E-state index is -0.317. The first kappa shape index (κ1) is 15.7. The molecule has 2 heterocycles. The van der Waals surface area contributed by atoms with Gasteiger partial charge in [0.1, 0.15) is 18.7 Å². The van der Waals surface area contributed by atoms with Crippen LogP contribution in [0, 0.1) is 12.7 Å². The molecule has 0 spiro atoms. The molecule has 0 bridgehead atoms. The molecule has 24 heavy (non-hydrogen) atoms. The van der Waals surface area contributed by atoms with Gasteiger partial charge < -0.3 is 4.90 Å². The van der Waals surface area contributed by atoms with Gasteiger partial charge in [0.15, 0.2) is 0 Å². The molecule has 0 saturated heterocycles. The summed E-state index contributed by atoms with van der Waals surface area (Å²) in [7, 11) is 0. The summed E-state index contributed by atoms with van der Waals surface area (Å²) in [6, 6.07) is 7.90. The van der Waals surface area contributed by atoms with Crippen molar-refractivity contribution in [3.05, 3.63) is 66.0 Å². The lowest BCUT2D eigenvalue weighted by molar-refractivity contribution is -0.119. The molecule has 1 amide bonds. The number of tetrazole rings is 1. The number of carbonyl (C=O) groups excluding carboxylic acids is 1. The maximum absolute atomic E-state index is 13.1. The molecule has 0 radical (unpaired) electrons. The fourth-order valence-electron chi connectivity index (χ4n) is 2.26. The molecule has 0 fully saturated rings. The normalized spacial score (nSPS) is 10.6. The van der Waals surface area contributed by atoms with Gasteiger partial charge in [-0.1, -0.05) is 12.1 Å². The van der Waals surface area contributed by atoms with Crippen molar-refractivity contribution in [2.24, 2.45) is 0 Å². The lowest BCUT2D eigenvalue weighted by atomic mass is 10.2. The van der Waals surface area contributed by atoms with E-state index in [1.807, 2.05) is 13.0 Å². The first-order chi connectivity index (χ1) is 11.6. The average molecular weight is 326 g/mol. The maximum atomic E-state index is 13.1. The van der Waals surface area contributed by atoms with E-state index in [0.717, 1.165) is 11.1 Å². The minimum absolute atomic E-state index is 0.00212. The molecule has 122 valence electrons. The van der Waals surface area contributed by atoms with E-state index in [4.69, 9.17) is 0 Å². The third kappa shape index (κ3) is 3.78. The van der Waals surface area contributed by atoms with Crippen LogP contribution in [0.3, 0.4) is 0 Å². The number of rotatable bonds is 5. The summed E-state index contributed by atoms with van der Waals surface area (Å²) in [5.74, 6) is -0.512. The number of hydrogen-bond acceptors (Lipinski definition) is 5. The summed E-state index contributed by atoms with van der Waals surface area (Å²) < 4.78 is 14.4. The Kier molecular flexibility index (Phi) is 4.55. The average Bonchev–Trinajstić information content (AvgIpc) is 3.07. The van der Waals surface area contributed by atoms with E-state index in [1.54, 1.807) is 29.4 Å². The van der Waals surface area contributed by atoms with Gasteiger partial charge in [-0.15, -0.1) is 5.10 Å². The quantitative estimate of drug-likeness (QED) is 0.714. The molecule has 0 unspecified atom stereocenters. The number of aromatic nitrogens is 5. The summed E-state index contributed by atoms with van der Waals surface area (Å²) in [6.07, 6.45) is 4.71. The Morgan fingerprint density at radius 3 is 2.71 bits per heavy atom. The van der Waals surface area contributed by atoms with E-state index in [2.05, 4.69) is 20.5 Å². The van der Waals surface area contributed by atoms with Crippen LogP contribution in [0.1, 0.15) is 11.1 Å². The minimum Gasteiger partial charge on any atom is -0.305 e. The van der Waals surface area contributed by atoms with Gasteiger partial charge in [0, 0.05) is 6.20 Å². The zero-order valence-electron chi connectivity index (χ0n) is 13.0. The van der Waals surface area contributed by atoms with E-state index in [0.29, 0.717) is 12.2 Å². The van der Waals surface area contributed by atoms with E-state index in [9.17, 15) is 9.18 Å². The summed E-state index contributed by atoms with van der Waals surface area (Å²) in [6.45, 7) is 2.20. The molecule has 3 aromatic rings. The summed E-state index contributed by atoms with van der Waals surface area (Å²) >= 11 is 0. The Morgan fingerprint density at radius 2 is 2.04 bits per heavy atom. The Bertz CT molecular complexity index is 819. The molecule has 0 aliphatic heterocycles. The number of hydrogen-bond donors (Lipinski definition) is 0. The highest BCUT2D eigenvalue weighted by molar-refractivity contribution is 5.92. The first-order valence-corrected chi connectivity index (χ1v) is 7.29. The number of halogens is 1. The number of aryl methyl sites for hydroxylation is 1. The van der Waals surface area contributed by atoms with Crippen molar-refractivity contribution in [1.29, 1.82) is 0 Å². The smallest absolute Gasteiger partial charge is 0.249 e. The van der Waals surface area contributed by atoms with Crippen LogP contribution in [0.4, 0.5) is 10.1 Å². The van der Waals surface area contributed by atoms with Crippen molar-refractivity contribution in [1.82, 2.24) is 25.2 Å². The Morgan fingerprint density at radius 1 is 1.25 bits per heavy atom. The van der Waals surface area contributed by atoms with Crippen LogP contribution in [0.25, 0.3) is 0 Å². The fraction of sp³-hybridized carbons (Fsp3) is 0.188. The van der Waals surface area contributed by atoms with Gasteiger partial charge in [-0.3, -0.25) is 9.78 Å². The zero-order valence-corrected chi connectivity index (χ0v) is 13.0. The first-order valence-electron chi connectivity index (χ1n) is 7.29. The number of carbonyl (C=O) groups is 1. The van der Waals surface area contributed by atoms with Gasteiger partial charge in [-0.2, -0.15) is 0 Å². The standard InChI is InChI=1S/C16H15FN6O/c1-12-6-15(8-18-7-12)23(9-13-2-4-14(17)5-3-13)16(24)10-22-11-19-20-21-22/h2-8,11H,9-10H2,1H3. The van der Waals surface area contributed by atoms with Crippen molar-refractivity contribution < 1.29 is 9.18 Å². The lowest BCUT2D eigenvalue weighted by Gasteiger charge is -2.23. The van der Waals surface area contributed by atoms with Crippen LogP contribution in [0.15, 0.2) is 49.1 Å². The van der Waals surface area contributed by atoms with Crippen LogP contribution in [0.2, 0.25) is 0 Å². The van der Waals surface area contributed by atoms with E-state index < -0.39 is 0 Å². The number of amides is 1. The van der Waals surface area contributed by atoms with Gasteiger partial charge in [0.25, 0.3) is 0 Å². The molecule has 0 saturated carbocycles. The molecular weight excluding hydrogens is 311 g/mol. The van der Waals surface area contributed by atoms with Gasteiger partial charge in [0.2, 0.25) is 5.91 Å². The second-order valence-electron chi connectivity index (χ2n) is 5.33.